The van der Waals surface area contributed by atoms with Gasteiger partial charge in [-0.2, -0.15) is 0 Å². The van der Waals surface area contributed by atoms with Gasteiger partial charge in [-0.05, 0) is 24.0 Å². The summed E-state index contributed by atoms with van der Waals surface area (Å²) in [5.74, 6) is 7.71. The fraction of sp³-hybridized carbons (Fsp3) is 0.375. The Hall–Kier alpha value is -2.14. The van der Waals surface area contributed by atoms with E-state index in [0.29, 0.717) is 5.82 Å². The Morgan fingerprint density at radius 3 is 2.43 bits per heavy atom. The van der Waals surface area contributed by atoms with Gasteiger partial charge in [0.1, 0.15) is 17.5 Å². The third-order valence-corrected chi connectivity index (χ3v) is 3.35. The van der Waals surface area contributed by atoms with Crippen molar-refractivity contribution in [1.82, 2.24) is 9.97 Å². The maximum absolute atomic E-state index is 5.47. The monoisotopic (exact) mass is 285 g/mol. The van der Waals surface area contributed by atoms with Crippen molar-refractivity contribution in [2.45, 2.75) is 39.7 Å². The fourth-order valence-electron chi connectivity index (χ4n) is 2.26. The highest BCUT2D eigenvalue weighted by molar-refractivity contribution is 5.47. The van der Waals surface area contributed by atoms with Gasteiger partial charge in [0.25, 0.3) is 0 Å². The second kappa shape index (κ2) is 7.59. The van der Waals surface area contributed by atoms with Gasteiger partial charge in [-0.25, -0.2) is 15.8 Å². The first-order valence-electron chi connectivity index (χ1n) is 7.42. The summed E-state index contributed by atoms with van der Waals surface area (Å²) >= 11 is 0. The lowest BCUT2D eigenvalue weighted by molar-refractivity contribution is 0.834. The molecule has 1 aromatic carbocycles. The lowest BCUT2D eigenvalue weighted by Crippen LogP contribution is -2.12. The molecule has 0 unspecified atom stereocenters. The molecule has 112 valence electrons. The van der Waals surface area contributed by atoms with Crippen molar-refractivity contribution in [2.24, 2.45) is 5.84 Å². The van der Waals surface area contributed by atoms with Crippen LogP contribution in [0.1, 0.15) is 37.2 Å². The van der Waals surface area contributed by atoms with Crippen molar-refractivity contribution in [3.05, 3.63) is 47.3 Å². The molecule has 0 saturated carbocycles. The number of nitrogens with one attached hydrogen (secondary N) is 2. The highest BCUT2D eigenvalue weighted by Crippen LogP contribution is 2.15. The lowest BCUT2D eigenvalue weighted by atomic mass is 10.1. The predicted octanol–water partition coefficient (Wildman–Crippen LogP) is 2.89. The van der Waals surface area contributed by atoms with Crippen LogP contribution >= 0.6 is 0 Å². The molecule has 5 heteroatoms. The molecule has 1 aromatic heterocycles. The molecular formula is C16H23N5. The Kier molecular flexibility index (Phi) is 5.51. The summed E-state index contributed by atoms with van der Waals surface area (Å²) in [6.07, 6.45) is 2.88. The molecule has 0 atom stereocenters. The molecule has 2 aromatic rings. The fourth-order valence-corrected chi connectivity index (χ4v) is 2.26. The minimum atomic E-state index is 0.639. The standard InChI is InChI=1S/C16H23N5/c1-3-7-14-19-15(10-16(20-14)21-17)18-11-13-9-6-5-8-12(13)4-2/h5-6,8-10H,3-4,7,11,17H2,1-2H3,(H2,18,19,20,21). The molecule has 0 radical (unpaired) electrons. The number of nitrogen functional groups attached to an aromatic ring is 1. The summed E-state index contributed by atoms with van der Waals surface area (Å²) in [5.41, 5.74) is 5.24. The summed E-state index contributed by atoms with van der Waals surface area (Å²) < 4.78 is 0. The van der Waals surface area contributed by atoms with Crippen LogP contribution in [0.3, 0.4) is 0 Å². The number of benzene rings is 1. The van der Waals surface area contributed by atoms with Crippen LogP contribution in [0.5, 0.6) is 0 Å². The molecule has 1 heterocycles. The molecule has 0 saturated heterocycles. The van der Waals surface area contributed by atoms with E-state index in [1.165, 1.54) is 11.1 Å². The Morgan fingerprint density at radius 2 is 1.76 bits per heavy atom. The van der Waals surface area contributed by atoms with Gasteiger partial charge >= 0.3 is 0 Å². The van der Waals surface area contributed by atoms with Crippen LogP contribution in [0.25, 0.3) is 0 Å². The molecule has 5 nitrogen and oxygen atoms in total. The van der Waals surface area contributed by atoms with Crippen molar-refractivity contribution in [1.29, 1.82) is 0 Å². The molecule has 21 heavy (non-hydrogen) atoms. The van der Waals surface area contributed by atoms with Gasteiger partial charge in [0.2, 0.25) is 0 Å². The van der Waals surface area contributed by atoms with E-state index in [9.17, 15) is 0 Å². The van der Waals surface area contributed by atoms with E-state index in [4.69, 9.17) is 5.84 Å². The highest BCUT2D eigenvalue weighted by atomic mass is 15.3. The molecule has 0 bridgehead atoms. The van der Waals surface area contributed by atoms with Gasteiger partial charge in [-0.3, -0.25) is 0 Å². The number of rotatable bonds is 7. The van der Waals surface area contributed by atoms with Crippen LogP contribution in [0, 0.1) is 0 Å². The Morgan fingerprint density at radius 1 is 1.05 bits per heavy atom. The lowest BCUT2D eigenvalue weighted by Gasteiger charge is -2.11. The van der Waals surface area contributed by atoms with Crippen molar-refractivity contribution < 1.29 is 0 Å². The quantitative estimate of drug-likeness (QED) is 0.538. The van der Waals surface area contributed by atoms with Gasteiger partial charge in [0.05, 0.1) is 0 Å². The van der Waals surface area contributed by atoms with Crippen molar-refractivity contribution >= 4 is 11.6 Å². The molecular weight excluding hydrogens is 262 g/mol. The van der Waals surface area contributed by atoms with Crippen LogP contribution in [0.2, 0.25) is 0 Å². The predicted molar refractivity (Wildman–Crippen MR) is 87.0 cm³/mol. The van der Waals surface area contributed by atoms with E-state index in [2.05, 4.69) is 58.8 Å². The molecule has 0 spiro atoms. The second-order valence-electron chi connectivity index (χ2n) is 4.92. The Balaban J connectivity index is 2.13. The van der Waals surface area contributed by atoms with Crippen molar-refractivity contribution in [3.63, 3.8) is 0 Å². The van der Waals surface area contributed by atoms with Crippen LogP contribution in [-0.2, 0) is 19.4 Å². The van der Waals surface area contributed by atoms with Crippen molar-refractivity contribution in [2.75, 3.05) is 10.7 Å². The van der Waals surface area contributed by atoms with Gasteiger partial charge in [0, 0.05) is 19.0 Å². The zero-order chi connectivity index (χ0) is 15.1. The number of hydrazine groups is 1. The maximum atomic E-state index is 5.47. The first-order valence-corrected chi connectivity index (χ1v) is 7.42. The zero-order valence-electron chi connectivity index (χ0n) is 12.7. The number of aryl methyl sites for hydroxylation is 2. The Bertz CT molecular complexity index is 583. The van der Waals surface area contributed by atoms with Gasteiger partial charge in [-0.1, -0.05) is 38.1 Å². The molecule has 2 rings (SSSR count). The number of nitrogens with zero attached hydrogens (tertiary/aromatic N) is 2. The van der Waals surface area contributed by atoms with Crippen LogP contribution in [0.15, 0.2) is 30.3 Å². The average molecular weight is 285 g/mol. The minimum absolute atomic E-state index is 0.639. The molecule has 4 N–H and O–H groups in total. The number of aromatic nitrogens is 2. The topological polar surface area (TPSA) is 75.9 Å². The van der Waals surface area contributed by atoms with E-state index in [1.807, 2.05) is 6.07 Å². The molecule has 0 amide bonds. The SMILES string of the molecule is CCCc1nc(NN)cc(NCc2ccccc2CC)n1. The van der Waals surface area contributed by atoms with E-state index in [1.54, 1.807) is 0 Å². The smallest absolute Gasteiger partial charge is 0.145 e. The third-order valence-electron chi connectivity index (χ3n) is 3.35. The normalized spacial score (nSPS) is 10.4. The first-order chi connectivity index (χ1) is 10.3. The van der Waals surface area contributed by atoms with Gasteiger partial charge < -0.3 is 10.7 Å². The van der Waals surface area contributed by atoms with E-state index < -0.39 is 0 Å². The molecule has 0 aliphatic rings. The van der Waals surface area contributed by atoms with Gasteiger partial charge in [-0.15, -0.1) is 0 Å². The first kappa shape index (κ1) is 15.3. The van der Waals surface area contributed by atoms with E-state index in [0.717, 1.165) is 37.4 Å². The second-order valence-corrected chi connectivity index (χ2v) is 4.92. The Labute approximate surface area is 126 Å². The number of hydrogen-bond donors (Lipinski definition) is 3. The number of anilines is 2. The summed E-state index contributed by atoms with van der Waals surface area (Å²) in [7, 11) is 0. The average Bonchev–Trinajstić information content (AvgIpc) is 2.53. The number of hydrogen-bond acceptors (Lipinski definition) is 5. The number of nitrogens with two attached hydrogens (primary N) is 1. The van der Waals surface area contributed by atoms with Crippen LogP contribution in [0.4, 0.5) is 11.6 Å². The van der Waals surface area contributed by atoms with Crippen molar-refractivity contribution in [3.8, 4) is 0 Å². The van der Waals surface area contributed by atoms with Gasteiger partial charge in [0.15, 0.2) is 0 Å². The van der Waals surface area contributed by atoms with E-state index >= 15 is 0 Å². The summed E-state index contributed by atoms with van der Waals surface area (Å²) in [5, 5.41) is 3.36. The summed E-state index contributed by atoms with van der Waals surface area (Å²) in [6, 6.07) is 10.3. The largest absolute Gasteiger partial charge is 0.366 e. The molecule has 0 aliphatic heterocycles. The third kappa shape index (κ3) is 4.16. The highest BCUT2D eigenvalue weighted by Gasteiger charge is 2.05. The van der Waals surface area contributed by atoms with E-state index in [-0.39, 0.29) is 0 Å². The maximum Gasteiger partial charge on any atom is 0.145 e. The molecule has 0 fully saturated rings. The molecule has 0 aliphatic carbocycles. The minimum Gasteiger partial charge on any atom is -0.366 e. The van der Waals surface area contributed by atoms with Crippen LogP contribution in [-0.4, -0.2) is 9.97 Å². The summed E-state index contributed by atoms with van der Waals surface area (Å²) in [6.45, 7) is 5.02. The zero-order valence-corrected chi connectivity index (χ0v) is 12.7. The van der Waals surface area contributed by atoms with Crippen LogP contribution < -0.4 is 16.6 Å². The summed E-state index contributed by atoms with van der Waals surface area (Å²) in [4.78, 5) is 8.87.